The number of ether oxygens (including phenoxy) is 3. The summed E-state index contributed by atoms with van der Waals surface area (Å²) in [4.78, 5) is 21.2. The van der Waals surface area contributed by atoms with Crippen molar-refractivity contribution in [2.45, 2.75) is 57.9 Å². The highest BCUT2D eigenvalue weighted by atomic mass is 16.6. The zero-order chi connectivity index (χ0) is 30.4. The summed E-state index contributed by atoms with van der Waals surface area (Å²) in [6.07, 6.45) is 2.94. The normalized spacial score (nSPS) is 18.3. The van der Waals surface area contributed by atoms with Crippen molar-refractivity contribution in [1.29, 1.82) is 5.41 Å². The molecule has 1 unspecified atom stereocenters. The highest BCUT2D eigenvalue weighted by Gasteiger charge is 2.32. The second kappa shape index (κ2) is 13.2. The fourth-order valence-corrected chi connectivity index (χ4v) is 5.37. The van der Waals surface area contributed by atoms with E-state index < -0.39 is 5.60 Å². The Morgan fingerprint density at radius 3 is 2.51 bits per heavy atom. The first kappa shape index (κ1) is 30.0. The van der Waals surface area contributed by atoms with Crippen LogP contribution >= 0.6 is 0 Å². The van der Waals surface area contributed by atoms with Gasteiger partial charge in [0, 0.05) is 50.5 Å². The molecule has 3 heterocycles. The van der Waals surface area contributed by atoms with Crippen LogP contribution in [-0.4, -0.2) is 72.8 Å². The highest BCUT2D eigenvalue weighted by molar-refractivity contribution is 6.03. The van der Waals surface area contributed by atoms with Crippen LogP contribution in [0.3, 0.4) is 0 Å². The van der Waals surface area contributed by atoms with E-state index in [1.807, 2.05) is 69.3 Å². The number of amidine groups is 1. The number of methoxy groups -OCH3 is 1. The number of nitrogens with zero attached hydrogens (tertiary/aromatic N) is 3. The fraction of sp³-hybridized carbons (Fsp3) is 0.424. The number of benzene rings is 2. The molecular formula is C33H42N6O4. The number of hydrogen-bond acceptors (Lipinski definition) is 8. The van der Waals surface area contributed by atoms with E-state index in [1.165, 1.54) is 5.69 Å². The quantitative estimate of drug-likeness (QED) is 0.229. The number of carbonyl (C=O) groups is 1. The molecule has 228 valence electrons. The van der Waals surface area contributed by atoms with Crippen molar-refractivity contribution < 1.29 is 19.0 Å². The first-order chi connectivity index (χ1) is 20.7. The van der Waals surface area contributed by atoms with E-state index >= 15 is 0 Å². The summed E-state index contributed by atoms with van der Waals surface area (Å²) < 4.78 is 17.4. The highest BCUT2D eigenvalue weighted by Crippen LogP contribution is 2.30. The van der Waals surface area contributed by atoms with E-state index in [-0.39, 0.29) is 24.1 Å². The predicted molar refractivity (Wildman–Crippen MR) is 168 cm³/mol. The molecule has 3 aromatic rings. The zero-order valence-electron chi connectivity index (χ0n) is 25.4. The smallest absolute Gasteiger partial charge is 0.410 e. The second-order valence-corrected chi connectivity index (χ2v) is 12.0. The molecule has 2 atom stereocenters. The molecule has 0 radical (unpaired) electrons. The number of likely N-dealkylation sites (tertiary alicyclic amines) is 1. The summed E-state index contributed by atoms with van der Waals surface area (Å²) in [5.74, 6) is 2.16. The SMILES string of the molecule is COc1ccc(CNc2nccc(OC3CCN(c4ccccc4)C3)c2C(=N)N[C@@H]2CCN(C(=O)OC(C)(C)C)C2)cc1. The number of hydrogen-bond donors (Lipinski definition) is 3. The van der Waals surface area contributed by atoms with Crippen LogP contribution in [-0.2, 0) is 11.3 Å². The van der Waals surface area contributed by atoms with Crippen LogP contribution in [0.1, 0.15) is 44.7 Å². The Kier molecular flexibility index (Phi) is 9.23. The molecule has 10 nitrogen and oxygen atoms in total. The van der Waals surface area contributed by atoms with E-state index in [0.29, 0.717) is 43.2 Å². The van der Waals surface area contributed by atoms with Crippen LogP contribution in [0.25, 0.3) is 0 Å². The van der Waals surface area contributed by atoms with Gasteiger partial charge in [-0.2, -0.15) is 0 Å². The van der Waals surface area contributed by atoms with Gasteiger partial charge in [-0.25, -0.2) is 9.78 Å². The van der Waals surface area contributed by atoms with Crippen molar-refractivity contribution in [3.05, 3.63) is 78.0 Å². The lowest BCUT2D eigenvalue weighted by atomic mass is 10.1. The maximum atomic E-state index is 12.6. The minimum atomic E-state index is -0.557. The van der Waals surface area contributed by atoms with Crippen molar-refractivity contribution in [1.82, 2.24) is 15.2 Å². The Morgan fingerprint density at radius 1 is 1.02 bits per heavy atom. The van der Waals surface area contributed by atoms with Crippen molar-refractivity contribution in [2.75, 3.05) is 43.5 Å². The van der Waals surface area contributed by atoms with Gasteiger partial charge in [0.2, 0.25) is 0 Å². The largest absolute Gasteiger partial charge is 0.497 e. The molecule has 0 saturated carbocycles. The summed E-state index contributed by atoms with van der Waals surface area (Å²) in [5, 5.41) is 15.9. The minimum absolute atomic E-state index is 0.0299. The Labute approximate surface area is 253 Å². The van der Waals surface area contributed by atoms with Crippen LogP contribution in [0.2, 0.25) is 0 Å². The summed E-state index contributed by atoms with van der Waals surface area (Å²) >= 11 is 0. The Hall–Kier alpha value is -4.47. The maximum Gasteiger partial charge on any atom is 0.410 e. The Balaban J connectivity index is 1.32. The van der Waals surface area contributed by atoms with Crippen LogP contribution in [0.5, 0.6) is 11.5 Å². The van der Waals surface area contributed by atoms with Gasteiger partial charge in [0.1, 0.15) is 40.4 Å². The average molecular weight is 587 g/mol. The molecule has 2 aliphatic heterocycles. The monoisotopic (exact) mass is 586 g/mol. The van der Waals surface area contributed by atoms with Crippen molar-refractivity contribution in [2.24, 2.45) is 0 Å². The van der Waals surface area contributed by atoms with Crippen LogP contribution in [0, 0.1) is 5.41 Å². The van der Waals surface area contributed by atoms with Gasteiger partial charge in [-0.3, -0.25) is 5.41 Å². The third-order valence-corrected chi connectivity index (χ3v) is 7.53. The predicted octanol–water partition coefficient (Wildman–Crippen LogP) is 5.28. The number of amides is 1. The fourth-order valence-electron chi connectivity index (χ4n) is 5.37. The molecule has 1 aromatic heterocycles. The summed E-state index contributed by atoms with van der Waals surface area (Å²) in [6, 6.07) is 19.9. The van der Waals surface area contributed by atoms with E-state index in [0.717, 1.165) is 30.8 Å². The van der Waals surface area contributed by atoms with Crippen molar-refractivity contribution >= 4 is 23.4 Å². The van der Waals surface area contributed by atoms with E-state index in [2.05, 4.69) is 32.7 Å². The molecule has 1 amide bonds. The lowest BCUT2D eigenvalue weighted by molar-refractivity contribution is 0.0292. The number of carbonyl (C=O) groups excluding carboxylic acids is 1. The van der Waals surface area contributed by atoms with E-state index in [4.69, 9.17) is 19.6 Å². The number of para-hydroxylation sites is 1. The van der Waals surface area contributed by atoms with Gasteiger partial charge >= 0.3 is 6.09 Å². The molecule has 0 spiro atoms. The number of nitrogens with one attached hydrogen (secondary N) is 3. The van der Waals surface area contributed by atoms with Gasteiger partial charge in [0.05, 0.1) is 13.7 Å². The number of aromatic nitrogens is 1. The Morgan fingerprint density at radius 2 is 1.79 bits per heavy atom. The van der Waals surface area contributed by atoms with Gasteiger partial charge < -0.3 is 34.6 Å². The lowest BCUT2D eigenvalue weighted by Gasteiger charge is -2.25. The molecule has 10 heteroatoms. The second-order valence-electron chi connectivity index (χ2n) is 12.0. The molecule has 43 heavy (non-hydrogen) atoms. The van der Waals surface area contributed by atoms with E-state index in [1.54, 1.807) is 18.2 Å². The van der Waals surface area contributed by atoms with Gasteiger partial charge in [-0.15, -0.1) is 0 Å². The molecule has 2 saturated heterocycles. The third kappa shape index (κ3) is 7.88. The van der Waals surface area contributed by atoms with Gasteiger partial charge in [-0.1, -0.05) is 30.3 Å². The van der Waals surface area contributed by atoms with Gasteiger partial charge in [0.15, 0.2) is 0 Å². The van der Waals surface area contributed by atoms with Gasteiger partial charge in [0.25, 0.3) is 0 Å². The topological polar surface area (TPSA) is 112 Å². The van der Waals surface area contributed by atoms with E-state index in [9.17, 15) is 4.79 Å². The minimum Gasteiger partial charge on any atom is -0.497 e. The molecule has 5 rings (SSSR count). The average Bonchev–Trinajstić information content (AvgIpc) is 3.66. The first-order valence-corrected chi connectivity index (χ1v) is 14.8. The number of anilines is 2. The molecule has 2 aliphatic rings. The molecule has 2 aromatic carbocycles. The lowest BCUT2D eigenvalue weighted by Crippen LogP contribution is -2.40. The first-order valence-electron chi connectivity index (χ1n) is 14.8. The summed E-state index contributed by atoms with van der Waals surface area (Å²) in [5.41, 5.74) is 2.25. The molecule has 0 bridgehead atoms. The number of pyridine rings is 1. The molecular weight excluding hydrogens is 544 g/mol. The molecule has 2 fully saturated rings. The summed E-state index contributed by atoms with van der Waals surface area (Å²) in [7, 11) is 1.65. The molecule has 3 N–H and O–H groups in total. The third-order valence-electron chi connectivity index (χ3n) is 7.53. The standard InChI is InChI=1S/C33H42N6O4/c1-33(2,3)43-32(40)39-18-15-24(21-39)37-30(34)29-28(42-27-16-19-38(22-27)25-8-6-5-7-9-25)14-17-35-31(29)36-20-23-10-12-26(41-4)13-11-23/h5-14,17,24,27H,15-16,18-22H2,1-4H3,(H2,34,37)(H,35,36)/t24-,27?/m1/s1. The van der Waals surface area contributed by atoms with Gasteiger partial charge in [-0.05, 0) is 63.1 Å². The summed E-state index contributed by atoms with van der Waals surface area (Å²) in [6.45, 7) is 8.78. The molecule has 0 aliphatic carbocycles. The van der Waals surface area contributed by atoms with Crippen LogP contribution in [0.4, 0.5) is 16.3 Å². The van der Waals surface area contributed by atoms with Crippen molar-refractivity contribution in [3.8, 4) is 11.5 Å². The van der Waals surface area contributed by atoms with Crippen LogP contribution < -0.4 is 25.0 Å². The Bertz CT molecular complexity index is 1390. The zero-order valence-corrected chi connectivity index (χ0v) is 25.4. The maximum absolute atomic E-state index is 12.6. The van der Waals surface area contributed by atoms with Crippen molar-refractivity contribution in [3.63, 3.8) is 0 Å². The number of rotatable bonds is 9. The van der Waals surface area contributed by atoms with Crippen LogP contribution in [0.15, 0.2) is 66.9 Å².